The number of rotatable bonds is 8. The molecule has 1 atom stereocenters. The average Bonchev–Trinajstić information content (AvgIpc) is 2.37. The van der Waals surface area contributed by atoms with Crippen molar-refractivity contribution in [2.45, 2.75) is 38.5 Å². The Hall–Kier alpha value is -0.670. The summed E-state index contributed by atoms with van der Waals surface area (Å²) in [5, 5.41) is 4.25. The van der Waals surface area contributed by atoms with Crippen LogP contribution in [0.15, 0.2) is 24.3 Å². The van der Waals surface area contributed by atoms with Crippen LogP contribution in [0.1, 0.15) is 26.3 Å². The van der Waals surface area contributed by atoms with Gasteiger partial charge in [-0.25, -0.2) is 0 Å². The fraction of sp³-hybridized carbons (Fsp3) is 0.600. The highest BCUT2D eigenvalue weighted by atomic mass is 32.2. The van der Waals surface area contributed by atoms with Crippen molar-refractivity contribution in [3.63, 3.8) is 0 Å². The smallest absolute Gasteiger partial charge is 0.122 e. The molecule has 1 rings (SSSR count). The van der Waals surface area contributed by atoms with E-state index in [0.717, 1.165) is 24.5 Å². The number of likely N-dealkylation sites (N-methyl/N-ethyl adjacent to an activating group) is 1. The number of ether oxygens (including phenoxy) is 1. The summed E-state index contributed by atoms with van der Waals surface area (Å²) in [5.41, 5.74) is 1.29. The first kappa shape index (κ1) is 15.4. The Bertz CT molecular complexity index is 341. The third-order valence-corrected chi connectivity index (χ3v) is 4.04. The molecule has 0 aliphatic carbocycles. The molecule has 0 aliphatic heterocycles. The molecule has 0 bridgehead atoms. The fourth-order valence-electron chi connectivity index (χ4n) is 1.92. The zero-order chi connectivity index (χ0) is 13.4. The summed E-state index contributed by atoms with van der Waals surface area (Å²) in [6, 6.07) is 8.81. The van der Waals surface area contributed by atoms with Crippen LogP contribution in [0.25, 0.3) is 0 Å². The van der Waals surface area contributed by atoms with Gasteiger partial charge in [0.1, 0.15) is 5.75 Å². The minimum absolute atomic E-state index is 0.513. The number of hydrogen-bond acceptors (Lipinski definition) is 3. The molecule has 0 amide bonds. The Morgan fingerprint density at radius 1 is 1.28 bits per heavy atom. The molecular formula is C15H25NOS. The molecule has 102 valence electrons. The summed E-state index contributed by atoms with van der Waals surface area (Å²) >= 11 is 2.01. The highest BCUT2D eigenvalue weighted by molar-refractivity contribution is 7.99. The lowest BCUT2D eigenvalue weighted by atomic mass is 10.1. The largest absolute Gasteiger partial charge is 0.496 e. The number of nitrogens with one attached hydrogen (secondary N) is 1. The van der Waals surface area contributed by atoms with Crippen molar-refractivity contribution in [3.05, 3.63) is 29.8 Å². The maximum Gasteiger partial charge on any atom is 0.122 e. The van der Waals surface area contributed by atoms with E-state index in [-0.39, 0.29) is 0 Å². The van der Waals surface area contributed by atoms with Crippen LogP contribution in [-0.4, -0.2) is 30.7 Å². The first-order valence-corrected chi connectivity index (χ1v) is 7.69. The normalized spacial score (nSPS) is 12.7. The van der Waals surface area contributed by atoms with Gasteiger partial charge in [0.25, 0.3) is 0 Å². The molecule has 0 saturated heterocycles. The summed E-state index contributed by atoms with van der Waals surface area (Å²) in [5.74, 6) is 2.14. The Morgan fingerprint density at radius 3 is 2.61 bits per heavy atom. The Labute approximate surface area is 116 Å². The van der Waals surface area contributed by atoms with Crippen LogP contribution in [-0.2, 0) is 6.42 Å². The topological polar surface area (TPSA) is 21.3 Å². The summed E-state index contributed by atoms with van der Waals surface area (Å²) < 4.78 is 5.42. The minimum Gasteiger partial charge on any atom is -0.496 e. The first-order chi connectivity index (χ1) is 8.67. The molecule has 1 N–H and O–H groups in total. The van der Waals surface area contributed by atoms with Gasteiger partial charge in [-0.05, 0) is 29.8 Å². The van der Waals surface area contributed by atoms with E-state index in [2.05, 4.69) is 38.2 Å². The van der Waals surface area contributed by atoms with Crippen LogP contribution in [0.2, 0.25) is 0 Å². The molecular weight excluding hydrogens is 242 g/mol. The lowest BCUT2D eigenvalue weighted by molar-refractivity contribution is 0.406. The quantitative estimate of drug-likeness (QED) is 0.780. The summed E-state index contributed by atoms with van der Waals surface area (Å²) in [6.45, 7) is 7.67. The average molecular weight is 267 g/mol. The van der Waals surface area contributed by atoms with E-state index < -0.39 is 0 Å². The second-order valence-corrected chi connectivity index (χ2v) is 6.26. The Kier molecular flexibility index (Phi) is 7.21. The van der Waals surface area contributed by atoms with E-state index in [0.29, 0.717) is 11.3 Å². The number of thioether (sulfide) groups is 1. The van der Waals surface area contributed by atoms with Gasteiger partial charge in [-0.3, -0.25) is 0 Å². The zero-order valence-corrected chi connectivity index (χ0v) is 12.7. The molecule has 0 aliphatic rings. The molecule has 1 aromatic carbocycles. The highest BCUT2D eigenvalue weighted by Gasteiger charge is 2.12. The van der Waals surface area contributed by atoms with Crippen molar-refractivity contribution < 1.29 is 4.74 Å². The third kappa shape index (κ3) is 5.32. The van der Waals surface area contributed by atoms with Crippen LogP contribution in [0.5, 0.6) is 5.75 Å². The van der Waals surface area contributed by atoms with Gasteiger partial charge in [-0.1, -0.05) is 39.0 Å². The summed E-state index contributed by atoms with van der Waals surface area (Å²) in [6.07, 6.45) is 1.03. The predicted octanol–water partition coefficient (Wildman–Crippen LogP) is 3.36. The van der Waals surface area contributed by atoms with Gasteiger partial charge in [-0.2, -0.15) is 11.8 Å². The van der Waals surface area contributed by atoms with Crippen LogP contribution in [0, 0.1) is 0 Å². The molecule has 0 heterocycles. The van der Waals surface area contributed by atoms with Crippen LogP contribution < -0.4 is 10.1 Å². The fourth-order valence-corrected chi connectivity index (χ4v) is 2.78. The molecule has 1 unspecified atom stereocenters. The van der Waals surface area contributed by atoms with Crippen molar-refractivity contribution >= 4 is 11.8 Å². The van der Waals surface area contributed by atoms with Gasteiger partial charge in [0, 0.05) is 11.8 Å². The van der Waals surface area contributed by atoms with E-state index in [4.69, 9.17) is 4.74 Å². The van der Waals surface area contributed by atoms with Crippen LogP contribution in [0.4, 0.5) is 0 Å². The molecule has 0 saturated carbocycles. The van der Waals surface area contributed by atoms with Crippen molar-refractivity contribution in [1.82, 2.24) is 5.32 Å². The molecule has 0 radical (unpaired) electrons. The van der Waals surface area contributed by atoms with E-state index in [1.807, 2.05) is 23.9 Å². The summed E-state index contributed by atoms with van der Waals surface area (Å²) in [7, 11) is 1.74. The van der Waals surface area contributed by atoms with Crippen molar-refractivity contribution in [2.75, 3.05) is 19.4 Å². The lowest BCUT2D eigenvalue weighted by Crippen LogP contribution is -2.33. The van der Waals surface area contributed by atoms with Gasteiger partial charge in [0.05, 0.1) is 7.11 Å². The number of benzene rings is 1. The van der Waals surface area contributed by atoms with Gasteiger partial charge in [0.15, 0.2) is 0 Å². The van der Waals surface area contributed by atoms with Crippen molar-refractivity contribution in [2.24, 2.45) is 0 Å². The molecule has 0 aromatic heterocycles. The zero-order valence-electron chi connectivity index (χ0n) is 11.9. The maximum absolute atomic E-state index is 5.42. The SMILES string of the molecule is CCNC(CSC(C)C)Cc1ccccc1OC. The standard InChI is InChI=1S/C15H25NOS/c1-5-16-14(11-18-12(2)3)10-13-8-6-7-9-15(13)17-4/h6-9,12,14,16H,5,10-11H2,1-4H3. The van der Waals surface area contributed by atoms with Gasteiger partial charge >= 0.3 is 0 Å². The first-order valence-electron chi connectivity index (χ1n) is 6.64. The van der Waals surface area contributed by atoms with Crippen LogP contribution in [0.3, 0.4) is 0 Å². The Morgan fingerprint density at radius 2 is 2.00 bits per heavy atom. The number of hydrogen-bond donors (Lipinski definition) is 1. The molecule has 2 nitrogen and oxygen atoms in total. The molecule has 18 heavy (non-hydrogen) atoms. The minimum atomic E-state index is 0.513. The van der Waals surface area contributed by atoms with Gasteiger partial charge in [0.2, 0.25) is 0 Å². The number of methoxy groups -OCH3 is 1. The second kappa shape index (κ2) is 8.44. The highest BCUT2D eigenvalue weighted by Crippen LogP contribution is 2.21. The van der Waals surface area contributed by atoms with E-state index in [1.54, 1.807) is 7.11 Å². The second-order valence-electron chi connectivity index (χ2n) is 4.65. The third-order valence-electron chi connectivity index (χ3n) is 2.78. The molecule has 0 spiro atoms. The van der Waals surface area contributed by atoms with E-state index in [1.165, 1.54) is 5.56 Å². The monoisotopic (exact) mass is 267 g/mol. The van der Waals surface area contributed by atoms with E-state index in [9.17, 15) is 0 Å². The number of para-hydroxylation sites is 1. The molecule has 1 aromatic rings. The summed E-state index contributed by atoms with van der Waals surface area (Å²) in [4.78, 5) is 0. The van der Waals surface area contributed by atoms with E-state index >= 15 is 0 Å². The Balaban J connectivity index is 2.63. The van der Waals surface area contributed by atoms with Crippen molar-refractivity contribution in [3.8, 4) is 5.75 Å². The predicted molar refractivity (Wildman–Crippen MR) is 81.8 cm³/mol. The maximum atomic E-state index is 5.42. The van der Waals surface area contributed by atoms with Crippen molar-refractivity contribution in [1.29, 1.82) is 0 Å². The van der Waals surface area contributed by atoms with Gasteiger partial charge in [-0.15, -0.1) is 0 Å². The lowest BCUT2D eigenvalue weighted by Gasteiger charge is -2.20. The molecule has 0 fully saturated rings. The van der Waals surface area contributed by atoms with Gasteiger partial charge < -0.3 is 10.1 Å². The molecule has 3 heteroatoms. The van der Waals surface area contributed by atoms with Crippen LogP contribution >= 0.6 is 11.8 Å².